The fourth-order valence-electron chi connectivity index (χ4n) is 4.57. The first-order valence-corrected chi connectivity index (χ1v) is 10.9. The molecule has 1 aromatic carbocycles. The molecule has 6 nitrogen and oxygen atoms in total. The van der Waals surface area contributed by atoms with Crippen molar-refractivity contribution in [2.45, 2.75) is 50.9 Å². The van der Waals surface area contributed by atoms with Crippen LogP contribution in [0, 0.1) is 5.92 Å². The third-order valence-electron chi connectivity index (χ3n) is 6.58. The fraction of sp³-hybridized carbons (Fsp3) is 0.522. The molecule has 1 aliphatic heterocycles. The number of carbonyl (C=O) groups is 1. The second-order valence-corrected chi connectivity index (χ2v) is 8.74. The van der Waals surface area contributed by atoms with Crippen LogP contribution in [-0.2, 0) is 17.6 Å². The Morgan fingerprint density at radius 3 is 2.69 bits per heavy atom. The highest BCUT2D eigenvalue weighted by Gasteiger charge is 2.31. The zero-order valence-electron chi connectivity index (χ0n) is 16.9. The van der Waals surface area contributed by atoms with E-state index in [1.165, 1.54) is 24.0 Å². The van der Waals surface area contributed by atoms with E-state index in [4.69, 9.17) is 10.7 Å². The molecule has 2 aliphatic carbocycles. The van der Waals surface area contributed by atoms with Gasteiger partial charge in [0.1, 0.15) is 11.6 Å². The number of rotatable bonds is 5. The Labute approximate surface area is 171 Å². The zero-order chi connectivity index (χ0) is 19.8. The van der Waals surface area contributed by atoms with Crippen LogP contribution in [0.5, 0.6) is 0 Å². The number of hydrogen-bond acceptors (Lipinski definition) is 6. The maximum Gasteiger partial charge on any atom is 0.229 e. The summed E-state index contributed by atoms with van der Waals surface area (Å²) in [6.07, 6.45) is 8.81. The Bertz CT molecular complexity index is 915. The van der Waals surface area contributed by atoms with Crippen LogP contribution in [0.15, 0.2) is 24.4 Å². The Hall–Kier alpha value is -2.47. The van der Waals surface area contributed by atoms with Crippen molar-refractivity contribution in [1.82, 2.24) is 9.97 Å². The molecule has 0 atom stereocenters. The quantitative estimate of drug-likeness (QED) is 0.813. The number of aryl methyl sites for hydroxylation is 1. The number of nitrogens with one attached hydrogen (secondary N) is 1. The van der Waals surface area contributed by atoms with E-state index in [0.29, 0.717) is 36.4 Å². The van der Waals surface area contributed by atoms with Gasteiger partial charge in [-0.2, -0.15) is 4.98 Å². The summed E-state index contributed by atoms with van der Waals surface area (Å²) in [5, 5.41) is 3.40. The molecule has 5 rings (SSSR count). The second kappa shape index (κ2) is 7.75. The van der Waals surface area contributed by atoms with Crippen LogP contribution in [-0.4, -0.2) is 35.4 Å². The lowest BCUT2D eigenvalue weighted by molar-refractivity contribution is -0.118. The number of piperidine rings is 1. The minimum atomic E-state index is 0.334. The van der Waals surface area contributed by atoms with E-state index in [0.717, 1.165) is 56.0 Å². The number of aromatic nitrogens is 2. The normalized spacial score (nSPS) is 19.9. The Morgan fingerprint density at radius 1 is 1.10 bits per heavy atom. The van der Waals surface area contributed by atoms with Crippen molar-refractivity contribution in [3.8, 4) is 0 Å². The lowest BCUT2D eigenvalue weighted by atomic mass is 9.90. The number of nitrogens with two attached hydrogens (primary N) is 1. The highest BCUT2D eigenvalue weighted by molar-refractivity contribution is 5.83. The molecule has 0 amide bonds. The molecule has 2 aromatic rings. The minimum Gasteiger partial charge on any atom is -0.356 e. The summed E-state index contributed by atoms with van der Waals surface area (Å²) in [5.74, 6) is 3.34. The summed E-state index contributed by atoms with van der Waals surface area (Å²) in [7, 11) is 0. The van der Waals surface area contributed by atoms with Crippen molar-refractivity contribution in [3.05, 3.63) is 41.1 Å². The predicted octanol–water partition coefficient (Wildman–Crippen LogP) is 3.33. The molecule has 29 heavy (non-hydrogen) atoms. The second-order valence-electron chi connectivity index (χ2n) is 8.74. The summed E-state index contributed by atoms with van der Waals surface area (Å²) in [4.78, 5) is 23.7. The molecule has 6 heteroatoms. The molecule has 2 heterocycles. The third kappa shape index (κ3) is 3.99. The number of nitrogens with zero attached hydrogens (tertiary/aromatic N) is 3. The number of carbonyl (C=O) groups excluding carboxylic acids is 1. The Morgan fingerprint density at radius 2 is 1.93 bits per heavy atom. The topological polar surface area (TPSA) is 84.1 Å². The lowest BCUT2D eigenvalue weighted by Crippen LogP contribution is -2.37. The number of hydrogen-bond donors (Lipinski definition) is 2. The van der Waals surface area contributed by atoms with Gasteiger partial charge in [-0.25, -0.2) is 4.98 Å². The number of benzene rings is 1. The van der Waals surface area contributed by atoms with E-state index < -0.39 is 0 Å². The molecule has 2 fully saturated rings. The van der Waals surface area contributed by atoms with Gasteiger partial charge in [-0.15, -0.1) is 0 Å². The summed E-state index contributed by atoms with van der Waals surface area (Å²) >= 11 is 0. The number of Topliss-reactive ketones (excluding diaryl/α,β-unsaturated/α-hetero) is 1. The third-order valence-corrected chi connectivity index (χ3v) is 6.58. The highest BCUT2D eigenvalue weighted by Crippen LogP contribution is 2.44. The highest BCUT2D eigenvalue weighted by atomic mass is 16.1. The summed E-state index contributed by atoms with van der Waals surface area (Å²) < 4.78 is 0. The van der Waals surface area contributed by atoms with Crippen molar-refractivity contribution in [2.24, 2.45) is 11.7 Å². The van der Waals surface area contributed by atoms with Gasteiger partial charge in [-0.05, 0) is 73.7 Å². The smallest absolute Gasteiger partial charge is 0.229 e. The van der Waals surface area contributed by atoms with Gasteiger partial charge in [-0.1, -0.05) is 6.07 Å². The average molecular weight is 392 g/mol. The van der Waals surface area contributed by atoms with Crippen LogP contribution in [0.2, 0.25) is 0 Å². The SMILES string of the molecule is NCC1CCN(c2nc(Nc3ccc4c(c3)CCC(=O)C4)ncc2C2CC2)CC1. The predicted molar refractivity (Wildman–Crippen MR) is 115 cm³/mol. The van der Waals surface area contributed by atoms with Gasteiger partial charge in [0.2, 0.25) is 5.95 Å². The lowest BCUT2D eigenvalue weighted by Gasteiger charge is -2.33. The van der Waals surface area contributed by atoms with Crippen molar-refractivity contribution in [1.29, 1.82) is 0 Å². The van der Waals surface area contributed by atoms with Crippen LogP contribution in [0.1, 0.15) is 54.7 Å². The summed E-state index contributed by atoms with van der Waals surface area (Å²) in [6.45, 7) is 2.82. The van der Waals surface area contributed by atoms with Crippen LogP contribution in [0.4, 0.5) is 17.5 Å². The summed E-state index contributed by atoms with van der Waals surface area (Å²) in [6, 6.07) is 6.24. The minimum absolute atomic E-state index is 0.334. The van der Waals surface area contributed by atoms with Crippen LogP contribution in [0.25, 0.3) is 0 Å². The molecular formula is C23H29N5O. The van der Waals surface area contributed by atoms with Gasteiger partial charge in [0.05, 0.1) is 0 Å². The molecule has 152 valence electrons. The van der Waals surface area contributed by atoms with Gasteiger partial charge in [0.15, 0.2) is 0 Å². The maximum atomic E-state index is 11.7. The van der Waals surface area contributed by atoms with Gasteiger partial charge >= 0.3 is 0 Å². The fourth-order valence-corrected chi connectivity index (χ4v) is 4.57. The monoisotopic (exact) mass is 391 g/mol. The number of ketones is 1. The Balaban J connectivity index is 1.38. The van der Waals surface area contributed by atoms with Crippen molar-refractivity contribution < 1.29 is 4.79 Å². The van der Waals surface area contributed by atoms with Crippen LogP contribution in [0.3, 0.4) is 0 Å². The molecular weight excluding hydrogens is 362 g/mol. The summed E-state index contributed by atoms with van der Waals surface area (Å²) in [5.41, 5.74) is 10.6. The van der Waals surface area contributed by atoms with E-state index in [-0.39, 0.29) is 0 Å². The van der Waals surface area contributed by atoms with Crippen molar-refractivity contribution in [2.75, 3.05) is 29.9 Å². The van der Waals surface area contributed by atoms with Gasteiger partial charge in [-0.3, -0.25) is 4.79 Å². The zero-order valence-corrected chi connectivity index (χ0v) is 16.9. The molecule has 0 bridgehead atoms. The van der Waals surface area contributed by atoms with E-state index >= 15 is 0 Å². The first-order valence-electron chi connectivity index (χ1n) is 10.9. The van der Waals surface area contributed by atoms with Gasteiger partial charge < -0.3 is 16.0 Å². The number of anilines is 3. The number of fused-ring (bicyclic) bond motifs is 1. The molecule has 3 aliphatic rings. The van der Waals surface area contributed by atoms with E-state index in [9.17, 15) is 4.79 Å². The Kier molecular flexibility index (Phi) is 4.96. The van der Waals surface area contributed by atoms with E-state index in [1.54, 1.807) is 0 Å². The van der Waals surface area contributed by atoms with Crippen LogP contribution < -0.4 is 16.0 Å². The van der Waals surface area contributed by atoms with Gasteiger partial charge in [0.25, 0.3) is 0 Å². The molecule has 1 saturated heterocycles. The molecule has 3 N–H and O–H groups in total. The molecule has 1 saturated carbocycles. The molecule has 0 radical (unpaired) electrons. The molecule has 0 unspecified atom stereocenters. The van der Waals surface area contributed by atoms with Crippen molar-refractivity contribution >= 4 is 23.2 Å². The van der Waals surface area contributed by atoms with Crippen LogP contribution >= 0.6 is 0 Å². The van der Waals surface area contributed by atoms with E-state index in [2.05, 4.69) is 27.3 Å². The molecule has 1 aromatic heterocycles. The van der Waals surface area contributed by atoms with Gasteiger partial charge in [0, 0.05) is 43.4 Å². The maximum absolute atomic E-state index is 11.7. The first-order chi connectivity index (χ1) is 14.2. The first kappa shape index (κ1) is 18.6. The largest absolute Gasteiger partial charge is 0.356 e. The molecule has 0 spiro atoms. The average Bonchev–Trinajstić information content (AvgIpc) is 3.59. The standard InChI is InChI=1S/C23H29N5O/c24-13-15-7-9-28(10-8-15)22-21(16-1-2-16)14-25-23(27-22)26-19-5-3-18-12-20(29)6-4-17(18)11-19/h3,5,11,14-16H,1-2,4,6-10,12-13,24H2,(H,25,26,27). The van der Waals surface area contributed by atoms with Crippen molar-refractivity contribution in [3.63, 3.8) is 0 Å². The van der Waals surface area contributed by atoms with E-state index in [1.807, 2.05) is 12.3 Å².